The molecule has 0 radical (unpaired) electrons. The van der Waals surface area contributed by atoms with Crippen molar-refractivity contribution < 1.29 is 24.0 Å². The lowest BCUT2D eigenvalue weighted by atomic mass is 9.92. The monoisotopic (exact) mass is 412 g/mol. The molecule has 0 saturated heterocycles. The number of amides is 1. The molecule has 0 aliphatic rings. The molecule has 0 spiro atoms. The highest BCUT2D eigenvalue weighted by Crippen LogP contribution is 2.23. The third kappa shape index (κ3) is 5.08. The van der Waals surface area contributed by atoms with Crippen LogP contribution < -0.4 is 5.32 Å². The van der Waals surface area contributed by atoms with Gasteiger partial charge in [-0.1, -0.05) is 12.1 Å². The largest absolute Gasteiger partial charge is 0.459 e. The Morgan fingerprint density at radius 3 is 2.40 bits per heavy atom. The van der Waals surface area contributed by atoms with Gasteiger partial charge >= 0.3 is 5.97 Å². The van der Waals surface area contributed by atoms with E-state index in [0.717, 1.165) is 28.3 Å². The number of nitrogens with zero attached hydrogens (tertiary/aromatic N) is 1. The maximum absolute atomic E-state index is 12.4. The van der Waals surface area contributed by atoms with Gasteiger partial charge in [0, 0.05) is 23.3 Å². The van der Waals surface area contributed by atoms with Crippen LogP contribution >= 0.6 is 0 Å². The van der Waals surface area contributed by atoms with E-state index in [1.54, 1.807) is 0 Å². The fourth-order valence-corrected chi connectivity index (χ4v) is 3.36. The molecule has 0 aromatic heterocycles. The number of carbonyl (C=O) groups excluding carboxylic acids is 3. The Labute approximate surface area is 174 Å². The first-order valence-corrected chi connectivity index (χ1v) is 9.35. The van der Waals surface area contributed by atoms with Crippen molar-refractivity contribution in [2.45, 2.75) is 47.3 Å². The summed E-state index contributed by atoms with van der Waals surface area (Å²) >= 11 is 0. The lowest BCUT2D eigenvalue weighted by molar-refractivity contribution is -0.384. The van der Waals surface area contributed by atoms with Crippen LogP contribution in [-0.4, -0.2) is 28.6 Å². The summed E-state index contributed by atoms with van der Waals surface area (Å²) in [6.45, 7) is 8.47. The number of Topliss-reactive ketones (excluding diaryl/α,β-unsaturated/α-hetero) is 1. The Morgan fingerprint density at radius 2 is 1.80 bits per heavy atom. The molecule has 1 N–H and O–H groups in total. The van der Waals surface area contributed by atoms with Gasteiger partial charge < -0.3 is 10.1 Å². The van der Waals surface area contributed by atoms with E-state index in [1.807, 2.05) is 26.8 Å². The molecule has 0 heterocycles. The first-order valence-electron chi connectivity index (χ1n) is 9.35. The number of nitrogens with one attached hydrogen (secondary N) is 1. The van der Waals surface area contributed by atoms with Gasteiger partial charge in [-0.3, -0.25) is 19.7 Å². The third-order valence-electron chi connectivity index (χ3n) is 4.86. The number of nitro benzene ring substituents is 1. The molecule has 0 aliphatic heterocycles. The van der Waals surface area contributed by atoms with E-state index < -0.39 is 22.8 Å². The predicted octanol–water partition coefficient (Wildman–Crippen LogP) is 3.58. The smallest absolute Gasteiger partial charge is 0.328 e. The molecule has 2 rings (SSSR count). The zero-order chi connectivity index (χ0) is 22.6. The molecule has 1 amide bonds. The second kappa shape index (κ2) is 9.30. The number of esters is 1. The molecular formula is C22H24N2O6. The second-order valence-electron chi connectivity index (χ2n) is 7.16. The van der Waals surface area contributed by atoms with E-state index in [2.05, 4.69) is 5.32 Å². The van der Waals surface area contributed by atoms with Gasteiger partial charge in [-0.05, 0) is 62.9 Å². The third-order valence-corrected chi connectivity index (χ3v) is 4.86. The predicted molar refractivity (Wildman–Crippen MR) is 110 cm³/mol. The van der Waals surface area contributed by atoms with Crippen molar-refractivity contribution in [2.75, 3.05) is 0 Å². The van der Waals surface area contributed by atoms with Crippen molar-refractivity contribution in [2.24, 2.45) is 0 Å². The normalized spacial score (nSPS) is 11.5. The van der Waals surface area contributed by atoms with Gasteiger partial charge in [0.15, 0.2) is 5.78 Å². The molecule has 8 heteroatoms. The van der Waals surface area contributed by atoms with Gasteiger partial charge in [-0.2, -0.15) is 0 Å². The van der Waals surface area contributed by atoms with E-state index >= 15 is 0 Å². The average molecular weight is 412 g/mol. The number of rotatable bonds is 7. The maximum atomic E-state index is 12.4. The Morgan fingerprint density at radius 1 is 1.13 bits per heavy atom. The number of aryl methyl sites for hydroxylation is 2. The van der Waals surface area contributed by atoms with Crippen LogP contribution in [0.25, 0.3) is 0 Å². The standard InChI is InChI=1S/C22H24N2O6/c1-12-9-13(2)20(16(5)25)14(3)19(12)11-30-22(27)15(4)23-21(26)17-7-6-8-18(10-17)24(28)29/h6-10,15H,11H2,1-5H3,(H,23,26)/t15-/m0/s1. The highest BCUT2D eigenvalue weighted by molar-refractivity contribution is 5.98. The fraction of sp³-hybridized carbons (Fsp3) is 0.318. The first kappa shape index (κ1) is 22.7. The minimum Gasteiger partial charge on any atom is -0.459 e. The Hall–Kier alpha value is -3.55. The highest BCUT2D eigenvalue weighted by Gasteiger charge is 2.21. The number of carbonyl (C=O) groups is 3. The van der Waals surface area contributed by atoms with E-state index in [0.29, 0.717) is 5.56 Å². The molecular weight excluding hydrogens is 388 g/mol. The highest BCUT2D eigenvalue weighted by atomic mass is 16.6. The molecule has 0 bridgehead atoms. The molecule has 0 unspecified atom stereocenters. The molecule has 1 atom stereocenters. The van der Waals surface area contributed by atoms with Crippen molar-refractivity contribution >= 4 is 23.3 Å². The molecule has 8 nitrogen and oxygen atoms in total. The summed E-state index contributed by atoms with van der Waals surface area (Å²) in [7, 11) is 0. The summed E-state index contributed by atoms with van der Waals surface area (Å²) in [5.74, 6) is -1.34. The number of benzene rings is 2. The van der Waals surface area contributed by atoms with Crippen LogP contribution in [0.5, 0.6) is 0 Å². The molecule has 0 fully saturated rings. The van der Waals surface area contributed by atoms with Crippen LogP contribution in [0.15, 0.2) is 30.3 Å². The number of ketones is 1. The van der Waals surface area contributed by atoms with Crippen LogP contribution in [0, 0.1) is 30.9 Å². The van der Waals surface area contributed by atoms with Gasteiger partial charge in [-0.15, -0.1) is 0 Å². The molecule has 30 heavy (non-hydrogen) atoms. The van der Waals surface area contributed by atoms with E-state index in [1.165, 1.54) is 32.0 Å². The lowest BCUT2D eigenvalue weighted by Crippen LogP contribution is -2.39. The number of ether oxygens (including phenoxy) is 1. The SMILES string of the molecule is CC(=O)c1c(C)cc(C)c(COC(=O)[C@H](C)NC(=O)c2cccc([N+](=O)[O-])c2)c1C. The summed E-state index contributed by atoms with van der Waals surface area (Å²) in [6.07, 6.45) is 0. The van der Waals surface area contributed by atoms with E-state index in [9.17, 15) is 24.5 Å². The maximum Gasteiger partial charge on any atom is 0.328 e. The lowest BCUT2D eigenvalue weighted by Gasteiger charge is -2.18. The zero-order valence-corrected chi connectivity index (χ0v) is 17.6. The van der Waals surface area contributed by atoms with Gasteiger partial charge in [0.2, 0.25) is 0 Å². The quantitative estimate of drug-likeness (QED) is 0.322. The van der Waals surface area contributed by atoms with Gasteiger partial charge in [0.05, 0.1) is 4.92 Å². The van der Waals surface area contributed by atoms with Crippen LogP contribution in [-0.2, 0) is 16.1 Å². The van der Waals surface area contributed by atoms with Gasteiger partial charge in [-0.25, -0.2) is 4.79 Å². The summed E-state index contributed by atoms with van der Waals surface area (Å²) in [6, 6.07) is 6.13. The number of non-ortho nitro benzene ring substituents is 1. The minimum atomic E-state index is -0.963. The Kier molecular flexibility index (Phi) is 7.05. The van der Waals surface area contributed by atoms with Crippen LogP contribution in [0.1, 0.15) is 56.8 Å². The number of hydrogen-bond donors (Lipinski definition) is 1. The molecule has 2 aromatic carbocycles. The first-order chi connectivity index (χ1) is 14.0. The molecule has 2 aromatic rings. The van der Waals surface area contributed by atoms with Crippen molar-refractivity contribution in [1.82, 2.24) is 5.32 Å². The van der Waals surface area contributed by atoms with Gasteiger partial charge in [0.25, 0.3) is 11.6 Å². The Bertz CT molecular complexity index is 1030. The van der Waals surface area contributed by atoms with Gasteiger partial charge in [0.1, 0.15) is 12.6 Å². The van der Waals surface area contributed by atoms with E-state index in [4.69, 9.17) is 4.74 Å². The number of nitro groups is 1. The average Bonchev–Trinajstić information content (AvgIpc) is 2.66. The number of hydrogen-bond acceptors (Lipinski definition) is 6. The van der Waals surface area contributed by atoms with Crippen molar-refractivity contribution in [1.29, 1.82) is 0 Å². The Balaban J connectivity index is 2.08. The van der Waals surface area contributed by atoms with Crippen LogP contribution in [0.2, 0.25) is 0 Å². The summed E-state index contributed by atoms with van der Waals surface area (Å²) in [5.41, 5.74) is 3.74. The molecule has 0 saturated carbocycles. The van der Waals surface area contributed by atoms with Crippen LogP contribution in [0.4, 0.5) is 5.69 Å². The van der Waals surface area contributed by atoms with E-state index in [-0.39, 0.29) is 23.6 Å². The van der Waals surface area contributed by atoms with Crippen LogP contribution in [0.3, 0.4) is 0 Å². The molecule has 0 aliphatic carbocycles. The minimum absolute atomic E-state index is 0.0337. The molecule has 158 valence electrons. The van der Waals surface area contributed by atoms with Crippen molar-refractivity contribution in [3.63, 3.8) is 0 Å². The zero-order valence-electron chi connectivity index (χ0n) is 17.6. The summed E-state index contributed by atoms with van der Waals surface area (Å²) in [5, 5.41) is 13.3. The topological polar surface area (TPSA) is 116 Å². The second-order valence-corrected chi connectivity index (χ2v) is 7.16. The van der Waals surface area contributed by atoms with Crippen molar-refractivity contribution in [3.05, 3.63) is 73.8 Å². The van der Waals surface area contributed by atoms with Crippen molar-refractivity contribution in [3.8, 4) is 0 Å². The summed E-state index contributed by atoms with van der Waals surface area (Å²) in [4.78, 5) is 46.8. The fourth-order valence-electron chi connectivity index (χ4n) is 3.36. The summed E-state index contributed by atoms with van der Waals surface area (Å²) < 4.78 is 5.35.